The molecule has 1 aliphatic rings. The molecule has 1 heterocycles. The van der Waals surface area contributed by atoms with Gasteiger partial charge in [-0.1, -0.05) is 25.5 Å². The molecule has 0 aromatic heterocycles. The second-order valence-corrected chi connectivity index (χ2v) is 6.84. The molecule has 1 aliphatic heterocycles. The molecule has 4 nitrogen and oxygen atoms in total. The predicted molar refractivity (Wildman–Crippen MR) is 76.7 cm³/mol. The first-order valence-corrected chi connectivity index (χ1v) is 8.38. The van der Waals surface area contributed by atoms with Crippen molar-refractivity contribution in [3.05, 3.63) is 29.8 Å². The third-order valence-electron chi connectivity index (χ3n) is 3.40. The first kappa shape index (κ1) is 14.5. The van der Waals surface area contributed by atoms with E-state index in [0.717, 1.165) is 32.4 Å². The molecule has 0 unspecified atom stereocenters. The Kier molecular flexibility index (Phi) is 4.96. The molecule has 1 saturated heterocycles. The molecule has 0 atom stereocenters. The molecule has 106 valence electrons. The van der Waals surface area contributed by atoms with E-state index in [0.29, 0.717) is 18.0 Å². The van der Waals surface area contributed by atoms with Crippen molar-refractivity contribution in [1.29, 1.82) is 0 Å². The first-order chi connectivity index (χ1) is 9.14. The Morgan fingerprint density at radius 1 is 1.16 bits per heavy atom. The van der Waals surface area contributed by atoms with Crippen molar-refractivity contribution in [3.8, 4) is 0 Å². The monoisotopic (exact) mass is 282 g/mol. The molecule has 2 rings (SSSR count). The van der Waals surface area contributed by atoms with E-state index in [2.05, 4.69) is 12.2 Å². The quantitative estimate of drug-likeness (QED) is 0.913. The van der Waals surface area contributed by atoms with E-state index >= 15 is 0 Å². The lowest BCUT2D eigenvalue weighted by Crippen LogP contribution is -2.34. The average Bonchev–Trinajstić information content (AvgIpc) is 2.69. The molecule has 0 bridgehead atoms. The third kappa shape index (κ3) is 3.55. The Morgan fingerprint density at radius 2 is 1.89 bits per heavy atom. The number of aryl methyl sites for hydroxylation is 1. The van der Waals surface area contributed by atoms with Crippen LogP contribution in [0.1, 0.15) is 25.3 Å². The van der Waals surface area contributed by atoms with Gasteiger partial charge in [0.1, 0.15) is 0 Å². The lowest BCUT2D eigenvalue weighted by molar-refractivity contribution is 0.432. The summed E-state index contributed by atoms with van der Waals surface area (Å²) in [4.78, 5) is 0.411. The number of nitrogens with one attached hydrogen (secondary N) is 1. The number of rotatable bonds is 4. The van der Waals surface area contributed by atoms with Crippen LogP contribution >= 0.6 is 0 Å². The highest BCUT2D eigenvalue weighted by molar-refractivity contribution is 7.89. The second kappa shape index (κ2) is 6.50. The van der Waals surface area contributed by atoms with Gasteiger partial charge < -0.3 is 5.32 Å². The number of hydrogen-bond acceptors (Lipinski definition) is 3. The molecule has 0 radical (unpaired) electrons. The average molecular weight is 282 g/mol. The van der Waals surface area contributed by atoms with Crippen LogP contribution in [-0.2, 0) is 16.4 Å². The molecule has 0 amide bonds. The number of nitrogens with zero attached hydrogens (tertiary/aromatic N) is 1. The minimum Gasteiger partial charge on any atom is -0.315 e. The fourth-order valence-electron chi connectivity index (χ4n) is 2.33. The van der Waals surface area contributed by atoms with E-state index < -0.39 is 10.0 Å². The molecular weight excluding hydrogens is 260 g/mol. The largest absolute Gasteiger partial charge is 0.315 e. The number of benzene rings is 1. The van der Waals surface area contributed by atoms with E-state index in [9.17, 15) is 8.42 Å². The fraction of sp³-hybridized carbons (Fsp3) is 0.571. The summed E-state index contributed by atoms with van der Waals surface area (Å²) in [6, 6.07) is 7.32. The Bertz CT molecular complexity index is 489. The Hall–Kier alpha value is -0.910. The first-order valence-electron chi connectivity index (χ1n) is 6.94. The second-order valence-electron chi connectivity index (χ2n) is 4.90. The number of sulfonamides is 1. The van der Waals surface area contributed by atoms with Gasteiger partial charge in [-0.25, -0.2) is 8.42 Å². The normalized spacial score (nSPS) is 18.2. The SMILES string of the molecule is CCCc1ccc(S(=O)(=O)N2CCCNCC2)cc1. The van der Waals surface area contributed by atoms with Gasteiger partial charge in [0.15, 0.2) is 0 Å². The van der Waals surface area contributed by atoms with Crippen molar-refractivity contribution >= 4 is 10.0 Å². The highest BCUT2D eigenvalue weighted by atomic mass is 32.2. The summed E-state index contributed by atoms with van der Waals surface area (Å²) < 4.78 is 26.6. The van der Waals surface area contributed by atoms with Crippen LogP contribution in [0.3, 0.4) is 0 Å². The van der Waals surface area contributed by atoms with Crippen molar-refractivity contribution in [3.63, 3.8) is 0 Å². The molecule has 0 spiro atoms. The highest BCUT2D eigenvalue weighted by Gasteiger charge is 2.24. The smallest absolute Gasteiger partial charge is 0.243 e. The van der Waals surface area contributed by atoms with Crippen LogP contribution in [0.4, 0.5) is 0 Å². The molecule has 1 fully saturated rings. The maximum Gasteiger partial charge on any atom is 0.243 e. The summed E-state index contributed by atoms with van der Waals surface area (Å²) in [5.41, 5.74) is 1.19. The van der Waals surface area contributed by atoms with Crippen LogP contribution in [0.2, 0.25) is 0 Å². The van der Waals surface area contributed by atoms with E-state index in [1.165, 1.54) is 5.56 Å². The van der Waals surface area contributed by atoms with Crippen molar-refractivity contribution in [1.82, 2.24) is 9.62 Å². The third-order valence-corrected chi connectivity index (χ3v) is 5.31. The summed E-state index contributed by atoms with van der Waals surface area (Å²) in [6.45, 7) is 4.90. The summed E-state index contributed by atoms with van der Waals surface area (Å²) >= 11 is 0. The minimum absolute atomic E-state index is 0.411. The van der Waals surface area contributed by atoms with Gasteiger partial charge in [0.2, 0.25) is 10.0 Å². The Morgan fingerprint density at radius 3 is 2.58 bits per heavy atom. The van der Waals surface area contributed by atoms with Crippen LogP contribution in [0.25, 0.3) is 0 Å². The van der Waals surface area contributed by atoms with Gasteiger partial charge in [0.05, 0.1) is 4.90 Å². The molecule has 5 heteroatoms. The van der Waals surface area contributed by atoms with Gasteiger partial charge in [-0.05, 0) is 37.1 Å². The standard InChI is InChI=1S/C14H22N2O2S/c1-2-4-13-5-7-14(8-6-13)19(17,18)16-11-3-9-15-10-12-16/h5-8,15H,2-4,9-12H2,1H3. The molecular formula is C14H22N2O2S. The van der Waals surface area contributed by atoms with E-state index in [-0.39, 0.29) is 0 Å². The van der Waals surface area contributed by atoms with Crippen molar-refractivity contribution in [2.45, 2.75) is 31.1 Å². The number of hydrogen-bond donors (Lipinski definition) is 1. The zero-order chi connectivity index (χ0) is 13.7. The lowest BCUT2D eigenvalue weighted by Gasteiger charge is -2.19. The molecule has 19 heavy (non-hydrogen) atoms. The maximum absolute atomic E-state index is 12.5. The van der Waals surface area contributed by atoms with Gasteiger partial charge in [-0.2, -0.15) is 4.31 Å². The van der Waals surface area contributed by atoms with Crippen LogP contribution in [-0.4, -0.2) is 38.9 Å². The topological polar surface area (TPSA) is 49.4 Å². The molecule has 0 aliphatic carbocycles. The summed E-state index contributed by atoms with van der Waals surface area (Å²) in [7, 11) is -3.32. The molecule has 0 saturated carbocycles. The Labute approximate surface area is 115 Å². The van der Waals surface area contributed by atoms with Crippen molar-refractivity contribution in [2.75, 3.05) is 26.2 Å². The maximum atomic E-state index is 12.5. The van der Waals surface area contributed by atoms with Gasteiger partial charge in [-0.3, -0.25) is 0 Å². The van der Waals surface area contributed by atoms with E-state index in [1.807, 2.05) is 12.1 Å². The van der Waals surface area contributed by atoms with Gasteiger partial charge >= 0.3 is 0 Å². The zero-order valence-electron chi connectivity index (χ0n) is 11.4. The minimum atomic E-state index is -3.32. The molecule has 1 aromatic carbocycles. The lowest BCUT2D eigenvalue weighted by atomic mass is 10.1. The Balaban J connectivity index is 2.18. The van der Waals surface area contributed by atoms with Crippen LogP contribution in [0.5, 0.6) is 0 Å². The summed E-state index contributed by atoms with van der Waals surface area (Å²) in [5, 5.41) is 3.22. The van der Waals surface area contributed by atoms with Crippen molar-refractivity contribution < 1.29 is 8.42 Å². The zero-order valence-corrected chi connectivity index (χ0v) is 12.2. The summed E-state index contributed by atoms with van der Waals surface area (Å²) in [5.74, 6) is 0. The van der Waals surface area contributed by atoms with Crippen LogP contribution < -0.4 is 5.32 Å². The van der Waals surface area contributed by atoms with Crippen LogP contribution in [0.15, 0.2) is 29.2 Å². The highest BCUT2D eigenvalue weighted by Crippen LogP contribution is 2.17. The molecule has 1 aromatic rings. The van der Waals surface area contributed by atoms with Crippen molar-refractivity contribution in [2.24, 2.45) is 0 Å². The van der Waals surface area contributed by atoms with E-state index in [4.69, 9.17) is 0 Å². The fourth-order valence-corrected chi connectivity index (χ4v) is 3.81. The summed E-state index contributed by atoms with van der Waals surface area (Å²) in [6.07, 6.45) is 2.94. The van der Waals surface area contributed by atoms with Crippen LogP contribution in [0, 0.1) is 0 Å². The van der Waals surface area contributed by atoms with E-state index in [1.54, 1.807) is 16.4 Å². The molecule has 1 N–H and O–H groups in total. The van der Waals surface area contributed by atoms with Gasteiger partial charge in [0, 0.05) is 19.6 Å². The van der Waals surface area contributed by atoms with Gasteiger partial charge in [0.25, 0.3) is 0 Å². The predicted octanol–water partition coefficient (Wildman–Crippen LogP) is 1.62. The van der Waals surface area contributed by atoms with Gasteiger partial charge in [-0.15, -0.1) is 0 Å².